The minimum Gasteiger partial charge on any atom is -0.335 e. The van der Waals surface area contributed by atoms with E-state index >= 15 is 0 Å². The van der Waals surface area contributed by atoms with Crippen LogP contribution in [0.4, 0.5) is 10.2 Å². The molecule has 0 spiro atoms. The molecule has 4 rings (SSSR count). The zero-order valence-corrected chi connectivity index (χ0v) is 15.5. The third kappa shape index (κ3) is 3.43. The van der Waals surface area contributed by atoms with Gasteiger partial charge in [-0.2, -0.15) is 5.10 Å². The molecule has 0 atom stereocenters. The second kappa shape index (κ2) is 7.09. The summed E-state index contributed by atoms with van der Waals surface area (Å²) in [5.41, 5.74) is -0.0517. The maximum absolute atomic E-state index is 13.8. The van der Waals surface area contributed by atoms with Crippen LogP contribution in [0.25, 0.3) is 10.2 Å². The van der Waals surface area contributed by atoms with Crippen molar-refractivity contribution in [3.8, 4) is 0 Å². The van der Waals surface area contributed by atoms with E-state index in [9.17, 15) is 14.0 Å². The van der Waals surface area contributed by atoms with Crippen molar-refractivity contribution in [1.29, 1.82) is 0 Å². The van der Waals surface area contributed by atoms with Gasteiger partial charge in [-0.15, -0.1) is 11.3 Å². The molecule has 27 heavy (non-hydrogen) atoms. The highest BCUT2D eigenvalue weighted by atomic mass is 32.1. The molecule has 0 unspecified atom stereocenters. The Hall–Kier alpha value is -2.78. The molecule has 1 aromatic carbocycles. The van der Waals surface area contributed by atoms with Gasteiger partial charge in [0, 0.05) is 26.2 Å². The maximum atomic E-state index is 13.8. The monoisotopic (exact) mass is 387 g/mol. The minimum atomic E-state index is -0.595. The lowest BCUT2D eigenvalue weighted by Crippen LogP contribution is -2.46. The van der Waals surface area contributed by atoms with Gasteiger partial charge < -0.3 is 15.1 Å². The number of halogens is 1. The standard InChI is InChI=1S/C18H18FN5O2S/c1-23-6-8-24(9-7-23)18(26)14-10-12-15(21-22-17(12)27-14)20-16(25)11-4-2-3-5-13(11)19/h2-5,10H,6-9H2,1H3,(H2,20,21,22,25). The van der Waals surface area contributed by atoms with Crippen LogP contribution in [0.1, 0.15) is 20.0 Å². The number of carbonyl (C=O) groups excluding carboxylic acids is 2. The van der Waals surface area contributed by atoms with Gasteiger partial charge in [0.1, 0.15) is 16.5 Å². The molecule has 9 heteroatoms. The Labute approximate surface area is 158 Å². The van der Waals surface area contributed by atoms with Crippen molar-refractivity contribution in [1.82, 2.24) is 20.0 Å². The largest absolute Gasteiger partial charge is 0.335 e. The Morgan fingerprint density at radius 3 is 2.70 bits per heavy atom. The molecule has 0 radical (unpaired) electrons. The highest BCUT2D eigenvalue weighted by Gasteiger charge is 2.24. The summed E-state index contributed by atoms with van der Waals surface area (Å²) in [6, 6.07) is 7.48. The van der Waals surface area contributed by atoms with Crippen LogP contribution in [0.3, 0.4) is 0 Å². The number of amides is 2. The van der Waals surface area contributed by atoms with Crippen molar-refractivity contribution in [2.24, 2.45) is 0 Å². The van der Waals surface area contributed by atoms with Crippen molar-refractivity contribution in [3.63, 3.8) is 0 Å². The number of nitrogens with zero attached hydrogens (tertiary/aromatic N) is 3. The zero-order chi connectivity index (χ0) is 19.0. The summed E-state index contributed by atoms with van der Waals surface area (Å²) >= 11 is 1.27. The van der Waals surface area contributed by atoms with Crippen molar-refractivity contribution in [3.05, 3.63) is 46.6 Å². The second-order valence-corrected chi connectivity index (χ2v) is 7.49. The number of nitrogens with one attached hydrogen (secondary N) is 2. The van der Waals surface area contributed by atoms with E-state index in [2.05, 4.69) is 20.4 Å². The number of fused-ring (bicyclic) bond motifs is 1. The van der Waals surface area contributed by atoms with E-state index in [0.29, 0.717) is 34.0 Å². The highest BCUT2D eigenvalue weighted by molar-refractivity contribution is 7.20. The molecule has 1 aliphatic heterocycles. The number of anilines is 1. The molecular weight excluding hydrogens is 369 g/mol. The first-order valence-corrected chi connectivity index (χ1v) is 9.36. The van der Waals surface area contributed by atoms with E-state index in [0.717, 1.165) is 13.1 Å². The summed E-state index contributed by atoms with van der Waals surface area (Å²) in [4.78, 5) is 30.2. The summed E-state index contributed by atoms with van der Waals surface area (Å²) < 4.78 is 13.8. The summed E-state index contributed by atoms with van der Waals surface area (Å²) in [6.45, 7) is 3.07. The number of benzene rings is 1. The van der Waals surface area contributed by atoms with Gasteiger partial charge in [0.25, 0.3) is 11.8 Å². The number of rotatable bonds is 3. The van der Waals surface area contributed by atoms with Crippen LogP contribution in [0.15, 0.2) is 30.3 Å². The fraction of sp³-hybridized carbons (Fsp3) is 0.278. The first-order valence-electron chi connectivity index (χ1n) is 8.54. The highest BCUT2D eigenvalue weighted by Crippen LogP contribution is 2.30. The van der Waals surface area contributed by atoms with Crippen LogP contribution in [0.5, 0.6) is 0 Å². The normalized spacial score (nSPS) is 15.3. The van der Waals surface area contributed by atoms with Gasteiger partial charge in [-0.25, -0.2) is 4.39 Å². The summed E-state index contributed by atoms with van der Waals surface area (Å²) in [7, 11) is 2.03. The number of H-pyrrole nitrogens is 1. The van der Waals surface area contributed by atoms with Gasteiger partial charge in [0.15, 0.2) is 0 Å². The van der Waals surface area contributed by atoms with Gasteiger partial charge in [-0.3, -0.25) is 14.7 Å². The van der Waals surface area contributed by atoms with Crippen molar-refractivity contribution in [2.45, 2.75) is 0 Å². The SMILES string of the molecule is CN1CCN(C(=O)c2cc3c(NC(=O)c4ccccc4F)[nH]nc3s2)CC1. The molecule has 2 N–H and O–H groups in total. The molecule has 2 amide bonds. The molecule has 1 aliphatic rings. The molecule has 2 aromatic heterocycles. The Balaban J connectivity index is 1.55. The molecular formula is C18H18FN5O2S. The fourth-order valence-corrected chi connectivity index (χ4v) is 3.97. The summed E-state index contributed by atoms with van der Waals surface area (Å²) in [5.74, 6) is -0.844. The topological polar surface area (TPSA) is 81.3 Å². The number of aromatic amines is 1. The predicted molar refractivity (Wildman–Crippen MR) is 102 cm³/mol. The molecule has 0 aliphatic carbocycles. The Morgan fingerprint density at radius 2 is 1.96 bits per heavy atom. The van der Waals surface area contributed by atoms with Crippen molar-refractivity contribution in [2.75, 3.05) is 38.5 Å². The van der Waals surface area contributed by atoms with Gasteiger partial charge in [-0.1, -0.05) is 12.1 Å². The Kier molecular flexibility index (Phi) is 4.63. The Bertz CT molecular complexity index is 1010. The third-order valence-corrected chi connectivity index (χ3v) is 5.63. The van der Waals surface area contributed by atoms with Crippen LogP contribution in [-0.2, 0) is 0 Å². The number of aromatic nitrogens is 2. The van der Waals surface area contributed by atoms with Crippen LogP contribution in [0.2, 0.25) is 0 Å². The van der Waals surface area contributed by atoms with Gasteiger partial charge >= 0.3 is 0 Å². The minimum absolute atomic E-state index is 0.0301. The van der Waals surface area contributed by atoms with Gasteiger partial charge in [-0.05, 0) is 25.2 Å². The number of piperazine rings is 1. The number of hydrogen-bond acceptors (Lipinski definition) is 5. The quantitative estimate of drug-likeness (QED) is 0.723. The van der Waals surface area contributed by atoms with Crippen LogP contribution in [-0.4, -0.2) is 65.0 Å². The zero-order valence-electron chi connectivity index (χ0n) is 14.7. The van der Waals surface area contributed by atoms with Crippen molar-refractivity contribution < 1.29 is 14.0 Å². The van der Waals surface area contributed by atoms with Gasteiger partial charge in [0.2, 0.25) is 0 Å². The van der Waals surface area contributed by atoms with Crippen LogP contribution < -0.4 is 5.32 Å². The molecule has 1 fully saturated rings. The van der Waals surface area contributed by atoms with Crippen molar-refractivity contribution >= 4 is 39.2 Å². The van der Waals surface area contributed by atoms with Crippen LogP contribution in [0, 0.1) is 5.82 Å². The van der Waals surface area contributed by atoms with E-state index in [1.165, 1.54) is 29.5 Å². The molecule has 3 heterocycles. The number of likely N-dealkylation sites (N-methyl/N-ethyl adjacent to an activating group) is 1. The lowest BCUT2D eigenvalue weighted by Gasteiger charge is -2.32. The van der Waals surface area contributed by atoms with E-state index in [1.807, 2.05) is 11.9 Å². The molecule has 0 saturated carbocycles. The van der Waals surface area contributed by atoms with E-state index in [-0.39, 0.29) is 11.5 Å². The smallest absolute Gasteiger partial charge is 0.264 e. The van der Waals surface area contributed by atoms with E-state index in [4.69, 9.17) is 0 Å². The summed E-state index contributed by atoms with van der Waals surface area (Å²) in [6.07, 6.45) is 0. The molecule has 1 saturated heterocycles. The van der Waals surface area contributed by atoms with Crippen LogP contribution >= 0.6 is 11.3 Å². The lowest BCUT2D eigenvalue weighted by atomic mass is 10.2. The molecule has 3 aromatic rings. The molecule has 0 bridgehead atoms. The van der Waals surface area contributed by atoms with E-state index in [1.54, 1.807) is 12.1 Å². The second-order valence-electron chi connectivity index (χ2n) is 6.46. The number of thiophene rings is 1. The Morgan fingerprint density at radius 1 is 1.22 bits per heavy atom. The van der Waals surface area contributed by atoms with E-state index < -0.39 is 11.7 Å². The first kappa shape index (κ1) is 17.6. The van der Waals surface area contributed by atoms with Gasteiger partial charge in [0.05, 0.1) is 15.8 Å². The molecule has 140 valence electrons. The summed E-state index contributed by atoms with van der Waals surface area (Å²) in [5, 5.41) is 10.2. The lowest BCUT2D eigenvalue weighted by molar-refractivity contribution is 0.0669. The predicted octanol–water partition coefficient (Wildman–Crippen LogP) is 2.40. The average molecular weight is 387 g/mol. The number of carbonyl (C=O) groups is 2. The first-order chi connectivity index (χ1) is 13.0. The fourth-order valence-electron chi connectivity index (χ4n) is 3.00. The maximum Gasteiger partial charge on any atom is 0.264 e. The molecule has 7 nitrogen and oxygen atoms in total. The number of hydrogen-bond donors (Lipinski definition) is 2. The third-order valence-electron chi connectivity index (χ3n) is 4.61. The average Bonchev–Trinajstić information content (AvgIpc) is 3.24.